The van der Waals surface area contributed by atoms with Crippen molar-refractivity contribution in [2.45, 2.75) is 33.5 Å². The van der Waals surface area contributed by atoms with Crippen LogP contribution in [0.3, 0.4) is 0 Å². The van der Waals surface area contributed by atoms with Gasteiger partial charge < -0.3 is 15.7 Å². The van der Waals surface area contributed by atoms with E-state index in [4.69, 9.17) is 0 Å². The highest BCUT2D eigenvalue weighted by Gasteiger charge is 2.03. The second-order valence-electron chi connectivity index (χ2n) is 5.00. The van der Waals surface area contributed by atoms with Crippen LogP contribution in [0, 0.1) is 6.92 Å². The van der Waals surface area contributed by atoms with Gasteiger partial charge in [-0.1, -0.05) is 24.3 Å². The van der Waals surface area contributed by atoms with E-state index in [9.17, 15) is 5.11 Å². The van der Waals surface area contributed by atoms with Gasteiger partial charge in [-0.15, -0.1) is 35.3 Å². The van der Waals surface area contributed by atoms with Crippen LogP contribution in [0.4, 0.5) is 0 Å². The summed E-state index contributed by atoms with van der Waals surface area (Å²) in [5.41, 5.74) is 3.28. The van der Waals surface area contributed by atoms with Crippen molar-refractivity contribution in [2.75, 3.05) is 6.54 Å². The second-order valence-corrected chi connectivity index (χ2v) is 6.00. The number of aliphatic hydroxyl groups is 1. The zero-order valence-electron chi connectivity index (χ0n) is 13.5. The number of hydrogen-bond acceptors (Lipinski definition) is 3. The number of nitrogens with one attached hydrogen (secondary N) is 2. The fraction of sp³-hybridized carbons (Fsp3) is 0.353. The van der Waals surface area contributed by atoms with E-state index >= 15 is 0 Å². The van der Waals surface area contributed by atoms with E-state index in [0.29, 0.717) is 6.54 Å². The molecule has 1 aromatic carbocycles. The van der Waals surface area contributed by atoms with Gasteiger partial charge in [0.1, 0.15) is 0 Å². The van der Waals surface area contributed by atoms with Crippen LogP contribution in [-0.2, 0) is 19.7 Å². The number of guanidine groups is 1. The molecule has 2 rings (SSSR count). The van der Waals surface area contributed by atoms with Crippen molar-refractivity contribution in [3.63, 3.8) is 0 Å². The fourth-order valence-corrected chi connectivity index (χ4v) is 2.97. The minimum absolute atomic E-state index is 0. The highest BCUT2D eigenvalue weighted by molar-refractivity contribution is 14.0. The standard InChI is InChI=1S/C17H23N3OS.HI/c1-3-18-17(20-11-16-13(2)8-9-22-16)19-10-14-6-4-5-7-15(14)12-21;/h4-9,21H,3,10-12H2,1-2H3,(H2,18,19,20);1H. The van der Waals surface area contributed by atoms with Gasteiger partial charge in [-0.25, -0.2) is 4.99 Å². The molecule has 0 aliphatic carbocycles. The van der Waals surface area contributed by atoms with Gasteiger partial charge in [-0.3, -0.25) is 0 Å². The molecular weight excluding hydrogens is 421 g/mol. The molecule has 4 nitrogen and oxygen atoms in total. The van der Waals surface area contributed by atoms with E-state index in [2.05, 4.69) is 40.9 Å². The van der Waals surface area contributed by atoms with Crippen molar-refractivity contribution in [3.05, 3.63) is 57.3 Å². The predicted octanol–water partition coefficient (Wildman–Crippen LogP) is 3.42. The van der Waals surface area contributed by atoms with Crippen molar-refractivity contribution in [1.82, 2.24) is 10.6 Å². The summed E-state index contributed by atoms with van der Waals surface area (Å²) >= 11 is 1.75. The van der Waals surface area contributed by atoms with Crippen molar-refractivity contribution in [3.8, 4) is 0 Å². The van der Waals surface area contributed by atoms with E-state index < -0.39 is 0 Å². The van der Waals surface area contributed by atoms with Gasteiger partial charge in [-0.05, 0) is 42.0 Å². The number of aliphatic imine (C=N–C) groups is 1. The zero-order chi connectivity index (χ0) is 15.8. The minimum Gasteiger partial charge on any atom is -0.392 e. The van der Waals surface area contributed by atoms with Gasteiger partial charge in [0.2, 0.25) is 0 Å². The number of halogens is 1. The summed E-state index contributed by atoms with van der Waals surface area (Å²) < 4.78 is 0. The molecule has 1 aromatic heterocycles. The van der Waals surface area contributed by atoms with E-state index in [1.807, 2.05) is 24.3 Å². The number of thiophene rings is 1. The first-order valence-corrected chi connectivity index (χ1v) is 8.35. The van der Waals surface area contributed by atoms with Crippen molar-refractivity contribution in [1.29, 1.82) is 0 Å². The first-order chi connectivity index (χ1) is 10.7. The van der Waals surface area contributed by atoms with Gasteiger partial charge in [0.25, 0.3) is 0 Å². The number of benzene rings is 1. The molecule has 0 saturated carbocycles. The van der Waals surface area contributed by atoms with E-state index in [0.717, 1.165) is 30.2 Å². The van der Waals surface area contributed by atoms with Crippen LogP contribution in [0.5, 0.6) is 0 Å². The SMILES string of the molecule is CCNC(=NCc1ccccc1CO)NCc1sccc1C.I. The number of rotatable bonds is 6. The number of hydrogen-bond donors (Lipinski definition) is 3. The monoisotopic (exact) mass is 445 g/mol. The smallest absolute Gasteiger partial charge is 0.191 e. The third kappa shape index (κ3) is 6.12. The molecule has 0 aliphatic rings. The lowest BCUT2D eigenvalue weighted by Crippen LogP contribution is -2.36. The molecule has 0 fully saturated rings. The second kappa shape index (κ2) is 10.6. The molecule has 0 bridgehead atoms. The fourth-order valence-electron chi connectivity index (χ4n) is 2.12. The van der Waals surface area contributed by atoms with Gasteiger partial charge in [0.15, 0.2) is 5.96 Å². The molecule has 2 aromatic rings. The molecule has 23 heavy (non-hydrogen) atoms. The summed E-state index contributed by atoms with van der Waals surface area (Å²) in [6.45, 7) is 6.36. The van der Waals surface area contributed by atoms with E-state index in [1.54, 1.807) is 11.3 Å². The third-order valence-electron chi connectivity index (χ3n) is 3.43. The van der Waals surface area contributed by atoms with Crippen LogP contribution in [0.1, 0.15) is 28.5 Å². The highest BCUT2D eigenvalue weighted by atomic mass is 127. The van der Waals surface area contributed by atoms with Crippen LogP contribution < -0.4 is 10.6 Å². The van der Waals surface area contributed by atoms with Crippen molar-refractivity contribution in [2.24, 2.45) is 4.99 Å². The molecule has 3 N–H and O–H groups in total. The largest absolute Gasteiger partial charge is 0.392 e. The molecule has 126 valence electrons. The van der Waals surface area contributed by atoms with Crippen LogP contribution in [0.2, 0.25) is 0 Å². The predicted molar refractivity (Wildman–Crippen MR) is 108 cm³/mol. The lowest BCUT2D eigenvalue weighted by molar-refractivity contribution is 0.280. The molecule has 0 unspecified atom stereocenters. The Morgan fingerprint density at radius 3 is 2.52 bits per heavy atom. The summed E-state index contributed by atoms with van der Waals surface area (Å²) in [6.07, 6.45) is 0. The summed E-state index contributed by atoms with van der Waals surface area (Å²) in [5, 5.41) is 18.1. The maximum atomic E-state index is 9.37. The third-order valence-corrected chi connectivity index (χ3v) is 4.45. The molecule has 6 heteroatoms. The topological polar surface area (TPSA) is 56.7 Å². The van der Waals surface area contributed by atoms with E-state index in [-0.39, 0.29) is 30.6 Å². The molecule has 0 atom stereocenters. The summed E-state index contributed by atoms with van der Waals surface area (Å²) in [5.74, 6) is 0.794. The number of aliphatic hydroxyl groups excluding tert-OH is 1. The molecule has 0 spiro atoms. The van der Waals surface area contributed by atoms with Crippen LogP contribution in [-0.4, -0.2) is 17.6 Å². The quantitative estimate of drug-likeness (QED) is 0.363. The van der Waals surface area contributed by atoms with Gasteiger partial charge in [0, 0.05) is 11.4 Å². The number of nitrogens with zero attached hydrogens (tertiary/aromatic N) is 1. The average Bonchev–Trinajstić information content (AvgIpc) is 2.95. The Labute approximate surface area is 159 Å². The molecule has 0 radical (unpaired) electrons. The lowest BCUT2D eigenvalue weighted by atomic mass is 10.1. The van der Waals surface area contributed by atoms with Crippen molar-refractivity contribution < 1.29 is 5.11 Å². The molecule has 1 heterocycles. The Morgan fingerprint density at radius 2 is 1.91 bits per heavy atom. The molecule has 0 amide bonds. The first-order valence-electron chi connectivity index (χ1n) is 7.47. The summed E-state index contributed by atoms with van der Waals surface area (Å²) in [7, 11) is 0. The average molecular weight is 445 g/mol. The normalized spacial score (nSPS) is 11.0. The lowest BCUT2D eigenvalue weighted by Gasteiger charge is -2.12. The summed E-state index contributed by atoms with van der Waals surface area (Å²) in [4.78, 5) is 5.93. The molecule has 0 saturated heterocycles. The van der Waals surface area contributed by atoms with Crippen LogP contribution in [0.25, 0.3) is 0 Å². The Kier molecular flexibility index (Phi) is 9.20. The maximum Gasteiger partial charge on any atom is 0.191 e. The maximum absolute atomic E-state index is 9.37. The Balaban J connectivity index is 0.00000264. The Bertz CT molecular complexity index is 628. The first kappa shape index (κ1) is 19.9. The minimum atomic E-state index is 0. The zero-order valence-corrected chi connectivity index (χ0v) is 16.7. The van der Waals surface area contributed by atoms with Gasteiger partial charge in [-0.2, -0.15) is 0 Å². The Hall–Kier alpha value is -1.12. The summed E-state index contributed by atoms with van der Waals surface area (Å²) in [6, 6.07) is 9.96. The van der Waals surface area contributed by atoms with E-state index in [1.165, 1.54) is 10.4 Å². The van der Waals surface area contributed by atoms with Gasteiger partial charge >= 0.3 is 0 Å². The van der Waals surface area contributed by atoms with Crippen LogP contribution in [0.15, 0.2) is 40.7 Å². The van der Waals surface area contributed by atoms with Crippen LogP contribution >= 0.6 is 35.3 Å². The van der Waals surface area contributed by atoms with Crippen molar-refractivity contribution >= 4 is 41.3 Å². The molecular formula is C17H24IN3OS. The molecule has 0 aliphatic heterocycles. The highest BCUT2D eigenvalue weighted by Crippen LogP contribution is 2.15. The van der Waals surface area contributed by atoms with Gasteiger partial charge in [0.05, 0.1) is 19.7 Å². The number of aryl methyl sites for hydroxylation is 1. The Morgan fingerprint density at radius 1 is 1.17 bits per heavy atom.